The minimum absolute atomic E-state index is 0.0169. The summed E-state index contributed by atoms with van der Waals surface area (Å²) in [4.78, 5) is 25.6. The Morgan fingerprint density at radius 1 is 1.44 bits per heavy atom. The summed E-state index contributed by atoms with van der Waals surface area (Å²) in [6.45, 7) is 9.76. The standard InChI is InChI=1S/C14H23NO3/c1-5-6-9-12(16)15-10-7-8-11(15)13(17)18-14(2,3)4/h5,11H,1,6-10H2,2-4H3/t11-/m0/s1. The Labute approximate surface area is 109 Å². The first-order valence-corrected chi connectivity index (χ1v) is 6.48. The van der Waals surface area contributed by atoms with Crippen LogP contribution in [0.1, 0.15) is 46.5 Å². The number of carbonyl (C=O) groups is 2. The maximum atomic E-state index is 12.0. The second-order valence-electron chi connectivity index (χ2n) is 5.61. The lowest BCUT2D eigenvalue weighted by Crippen LogP contribution is -2.43. The van der Waals surface area contributed by atoms with E-state index in [2.05, 4.69) is 6.58 Å². The van der Waals surface area contributed by atoms with Crippen molar-refractivity contribution in [2.75, 3.05) is 6.54 Å². The third-order valence-electron chi connectivity index (χ3n) is 2.81. The van der Waals surface area contributed by atoms with Crippen molar-refractivity contribution in [3.8, 4) is 0 Å². The Kier molecular flexibility index (Phi) is 4.93. The summed E-state index contributed by atoms with van der Waals surface area (Å²) >= 11 is 0. The number of hydrogen-bond donors (Lipinski definition) is 0. The lowest BCUT2D eigenvalue weighted by Gasteiger charge is -2.27. The molecule has 18 heavy (non-hydrogen) atoms. The number of hydrogen-bond acceptors (Lipinski definition) is 3. The van der Waals surface area contributed by atoms with Crippen LogP contribution in [0, 0.1) is 0 Å². The Morgan fingerprint density at radius 2 is 2.11 bits per heavy atom. The average molecular weight is 253 g/mol. The topological polar surface area (TPSA) is 46.6 Å². The summed E-state index contributed by atoms with van der Waals surface area (Å²) < 4.78 is 5.35. The molecule has 0 aliphatic carbocycles. The third kappa shape index (κ3) is 4.17. The SMILES string of the molecule is C=CCCC(=O)N1CCC[C@H]1C(=O)OC(C)(C)C. The Balaban J connectivity index is 2.61. The Morgan fingerprint density at radius 3 is 2.67 bits per heavy atom. The average Bonchev–Trinajstić information content (AvgIpc) is 2.72. The Bertz CT molecular complexity index is 330. The van der Waals surface area contributed by atoms with Gasteiger partial charge in [-0.3, -0.25) is 4.79 Å². The number of likely N-dealkylation sites (tertiary alicyclic amines) is 1. The van der Waals surface area contributed by atoms with Gasteiger partial charge in [-0.05, 0) is 40.0 Å². The van der Waals surface area contributed by atoms with Crippen LogP contribution in [-0.4, -0.2) is 35.0 Å². The van der Waals surface area contributed by atoms with Crippen molar-refractivity contribution in [3.05, 3.63) is 12.7 Å². The highest BCUT2D eigenvalue weighted by Crippen LogP contribution is 2.22. The summed E-state index contributed by atoms with van der Waals surface area (Å²) in [7, 11) is 0. The molecule has 1 heterocycles. The lowest BCUT2D eigenvalue weighted by atomic mass is 10.1. The maximum Gasteiger partial charge on any atom is 0.329 e. The minimum atomic E-state index is -0.504. The van der Waals surface area contributed by atoms with E-state index in [0.29, 0.717) is 25.8 Å². The van der Waals surface area contributed by atoms with Crippen LogP contribution in [0.3, 0.4) is 0 Å². The molecule has 0 radical (unpaired) electrons. The molecule has 0 spiro atoms. The molecule has 4 nitrogen and oxygen atoms in total. The fraction of sp³-hybridized carbons (Fsp3) is 0.714. The van der Waals surface area contributed by atoms with Crippen molar-refractivity contribution in [1.82, 2.24) is 4.90 Å². The van der Waals surface area contributed by atoms with Gasteiger partial charge in [0.25, 0.3) is 0 Å². The highest BCUT2D eigenvalue weighted by molar-refractivity contribution is 5.85. The van der Waals surface area contributed by atoms with E-state index in [0.717, 1.165) is 6.42 Å². The van der Waals surface area contributed by atoms with Crippen molar-refractivity contribution < 1.29 is 14.3 Å². The summed E-state index contributed by atoms with van der Waals surface area (Å²) in [6.07, 6.45) is 4.36. The van der Waals surface area contributed by atoms with Gasteiger partial charge in [-0.25, -0.2) is 4.79 Å². The minimum Gasteiger partial charge on any atom is -0.458 e. The van der Waals surface area contributed by atoms with Crippen LogP contribution >= 0.6 is 0 Å². The van der Waals surface area contributed by atoms with Crippen LogP contribution in [0.15, 0.2) is 12.7 Å². The molecule has 0 N–H and O–H groups in total. The van der Waals surface area contributed by atoms with Crippen molar-refractivity contribution in [1.29, 1.82) is 0 Å². The number of carbonyl (C=O) groups excluding carboxylic acids is 2. The van der Waals surface area contributed by atoms with E-state index in [1.807, 2.05) is 20.8 Å². The predicted octanol–water partition coefficient (Wildman–Crippen LogP) is 2.29. The molecule has 1 amide bonds. The van der Waals surface area contributed by atoms with Gasteiger partial charge >= 0.3 is 5.97 Å². The lowest BCUT2D eigenvalue weighted by molar-refractivity contribution is -0.163. The second-order valence-corrected chi connectivity index (χ2v) is 5.61. The van der Waals surface area contributed by atoms with Gasteiger partial charge in [-0.15, -0.1) is 6.58 Å². The monoisotopic (exact) mass is 253 g/mol. The molecule has 1 aliphatic rings. The molecule has 0 bridgehead atoms. The number of amides is 1. The van der Waals surface area contributed by atoms with Crippen molar-refractivity contribution in [2.45, 2.75) is 58.1 Å². The van der Waals surface area contributed by atoms with Gasteiger partial charge in [0, 0.05) is 13.0 Å². The first kappa shape index (κ1) is 14.7. The molecule has 1 atom stereocenters. The van der Waals surface area contributed by atoms with E-state index in [4.69, 9.17) is 4.74 Å². The van der Waals surface area contributed by atoms with Crippen LogP contribution in [0.5, 0.6) is 0 Å². The van der Waals surface area contributed by atoms with Crippen molar-refractivity contribution in [2.24, 2.45) is 0 Å². The van der Waals surface area contributed by atoms with Crippen molar-refractivity contribution >= 4 is 11.9 Å². The molecule has 0 saturated carbocycles. The van der Waals surface area contributed by atoms with Crippen molar-refractivity contribution in [3.63, 3.8) is 0 Å². The first-order valence-electron chi connectivity index (χ1n) is 6.48. The van der Waals surface area contributed by atoms with Gasteiger partial charge in [0.1, 0.15) is 11.6 Å². The molecule has 1 aliphatic heterocycles. The number of ether oxygens (including phenoxy) is 1. The molecule has 0 unspecified atom stereocenters. The number of esters is 1. The van der Waals surface area contributed by atoms with Gasteiger partial charge in [0.05, 0.1) is 0 Å². The first-order chi connectivity index (χ1) is 8.35. The predicted molar refractivity (Wildman–Crippen MR) is 70.0 cm³/mol. The zero-order chi connectivity index (χ0) is 13.8. The molecule has 0 aromatic rings. The fourth-order valence-corrected chi connectivity index (χ4v) is 2.05. The summed E-state index contributed by atoms with van der Waals surface area (Å²) in [5.41, 5.74) is -0.504. The fourth-order valence-electron chi connectivity index (χ4n) is 2.05. The van der Waals surface area contributed by atoms with Gasteiger partial charge in [0.15, 0.2) is 0 Å². The van der Waals surface area contributed by atoms with Crippen LogP contribution in [-0.2, 0) is 14.3 Å². The molecule has 0 aromatic carbocycles. The highest BCUT2D eigenvalue weighted by Gasteiger charge is 2.36. The van der Waals surface area contributed by atoms with E-state index < -0.39 is 11.6 Å². The Hall–Kier alpha value is -1.32. The van der Waals surface area contributed by atoms with Crippen LogP contribution in [0.2, 0.25) is 0 Å². The van der Waals surface area contributed by atoms with Gasteiger partial charge in [-0.2, -0.15) is 0 Å². The largest absolute Gasteiger partial charge is 0.458 e. The normalized spacial score (nSPS) is 19.7. The van der Waals surface area contributed by atoms with E-state index in [1.165, 1.54) is 0 Å². The van der Waals surface area contributed by atoms with E-state index in [9.17, 15) is 9.59 Å². The number of allylic oxidation sites excluding steroid dienone is 1. The van der Waals surface area contributed by atoms with E-state index in [-0.39, 0.29) is 11.9 Å². The molecule has 1 saturated heterocycles. The molecule has 0 aromatic heterocycles. The number of rotatable bonds is 4. The van der Waals surface area contributed by atoms with Gasteiger partial charge in [0.2, 0.25) is 5.91 Å². The quantitative estimate of drug-likeness (QED) is 0.570. The molecule has 1 rings (SSSR count). The molecular formula is C14H23NO3. The molecule has 1 fully saturated rings. The number of nitrogens with zero attached hydrogens (tertiary/aromatic N) is 1. The van der Waals surface area contributed by atoms with Gasteiger partial charge in [-0.1, -0.05) is 6.08 Å². The summed E-state index contributed by atoms with van der Waals surface area (Å²) in [5.74, 6) is -0.268. The third-order valence-corrected chi connectivity index (χ3v) is 2.81. The van der Waals surface area contributed by atoms with E-state index in [1.54, 1.807) is 11.0 Å². The molecular weight excluding hydrogens is 230 g/mol. The van der Waals surface area contributed by atoms with Crippen LogP contribution in [0.25, 0.3) is 0 Å². The van der Waals surface area contributed by atoms with E-state index >= 15 is 0 Å². The summed E-state index contributed by atoms with van der Waals surface area (Å²) in [5, 5.41) is 0. The second kappa shape index (κ2) is 6.03. The zero-order valence-corrected chi connectivity index (χ0v) is 11.6. The smallest absolute Gasteiger partial charge is 0.329 e. The molecule has 102 valence electrons. The zero-order valence-electron chi connectivity index (χ0n) is 11.6. The van der Waals surface area contributed by atoms with Crippen LogP contribution < -0.4 is 0 Å². The summed E-state index contributed by atoms with van der Waals surface area (Å²) in [6, 6.07) is -0.401. The maximum absolute atomic E-state index is 12.0. The van der Waals surface area contributed by atoms with Gasteiger partial charge < -0.3 is 9.64 Å². The van der Waals surface area contributed by atoms with Crippen LogP contribution in [0.4, 0.5) is 0 Å². The highest BCUT2D eigenvalue weighted by atomic mass is 16.6. The molecule has 4 heteroatoms.